The summed E-state index contributed by atoms with van der Waals surface area (Å²) >= 11 is 3.21. The van der Waals surface area contributed by atoms with Crippen molar-refractivity contribution < 1.29 is 19.1 Å². The number of amides is 3. The average Bonchev–Trinajstić information content (AvgIpc) is 2.65. The van der Waals surface area contributed by atoms with Gasteiger partial charge in [-0.2, -0.15) is 0 Å². The first-order chi connectivity index (χ1) is 14.2. The summed E-state index contributed by atoms with van der Waals surface area (Å²) in [5.41, 5.74) is 1.26. The van der Waals surface area contributed by atoms with Crippen molar-refractivity contribution >= 4 is 50.9 Å². The van der Waals surface area contributed by atoms with Gasteiger partial charge in [-0.3, -0.25) is 14.9 Å². The van der Waals surface area contributed by atoms with Crippen LogP contribution in [0.4, 0.5) is 21.9 Å². The molecular weight excluding hydrogens is 450 g/mol. The second-order valence-corrected chi connectivity index (χ2v) is 7.94. The zero-order valence-electron chi connectivity index (χ0n) is 17.0. The van der Waals surface area contributed by atoms with E-state index < -0.39 is 11.7 Å². The first kappa shape index (κ1) is 23.2. The standard InChI is InChI=1S/C22H24BrN3O4/c1-22(2,3)30-21(29)26-18-10-5-9-17(14-18)25-20(28)15-7-4-8-16(13-15)24-19(27)11-6-12-23/h4-11,13-14H,12H2,1-3H3,(H,24,27)(H,25,28)(H,26,29). The minimum atomic E-state index is -0.611. The summed E-state index contributed by atoms with van der Waals surface area (Å²) < 4.78 is 5.22. The van der Waals surface area contributed by atoms with Gasteiger partial charge in [0.2, 0.25) is 5.91 Å². The molecule has 0 unspecified atom stereocenters. The molecule has 158 valence electrons. The fourth-order valence-electron chi connectivity index (χ4n) is 2.37. The van der Waals surface area contributed by atoms with Gasteiger partial charge in [0.05, 0.1) is 0 Å². The number of hydrogen-bond donors (Lipinski definition) is 3. The molecule has 2 aromatic carbocycles. The SMILES string of the molecule is CC(C)(C)OC(=O)Nc1cccc(NC(=O)c2cccc(NC(=O)C=CCBr)c2)c1. The molecule has 3 amide bonds. The van der Waals surface area contributed by atoms with Crippen LogP contribution in [0.15, 0.2) is 60.7 Å². The van der Waals surface area contributed by atoms with E-state index in [1.54, 1.807) is 75.4 Å². The number of benzene rings is 2. The zero-order chi connectivity index (χ0) is 22.1. The Kier molecular flexibility index (Phi) is 8.17. The Hall–Kier alpha value is -3.13. The molecule has 0 aliphatic carbocycles. The smallest absolute Gasteiger partial charge is 0.412 e. The number of nitrogens with one attached hydrogen (secondary N) is 3. The molecule has 2 rings (SSSR count). The lowest BCUT2D eigenvalue weighted by Gasteiger charge is -2.19. The van der Waals surface area contributed by atoms with Crippen molar-refractivity contribution in [3.63, 3.8) is 0 Å². The van der Waals surface area contributed by atoms with E-state index in [9.17, 15) is 14.4 Å². The van der Waals surface area contributed by atoms with Crippen molar-refractivity contribution in [3.05, 3.63) is 66.2 Å². The van der Waals surface area contributed by atoms with Crippen LogP contribution in [0.2, 0.25) is 0 Å². The van der Waals surface area contributed by atoms with E-state index in [0.29, 0.717) is 28.0 Å². The minimum Gasteiger partial charge on any atom is -0.444 e. The van der Waals surface area contributed by atoms with Gasteiger partial charge in [0.1, 0.15) is 5.60 Å². The molecular formula is C22H24BrN3O4. The van der Waals surface area contributed by atoms with Crippen molar-refractivity contribution in [2.24, 2.45) is 0 Å². The lowest BCUT2D eigenvalue weighted by Crippen LogP contribution is -2.27. The van der Waals surface area contributed by atoms with Crippen molar-refractivity contribution in [2.75, 3.05) is 21.3 Å². The highest BCUT2D eigenvalue weighted by molar-refractivity contribution is 9.09. The molecule has 0 aliphatic rings. The second-order valence-electron chi connectivity index (χ2n) is 7.29. The maximum absolute atomic E-state index is 12.6. The fraction of sp³-hybridized carbons (Fsp3) is 0.227. The van der Waals surface area contributed by atoms with Crippen molar-refractivity contribution in [3.8, 4) is 0 Å². The Morgan fingerprint density at radius 3 is 2.17 bits per heavy atom. The van der Waals surface area contributed by atoms with Gasteiger partial charge >= 0.3 is 6.09 Å². The Morgan fingerprint density at radius 2 is 1.53 bits per heavy atom. The van der Waals surface area contributed by atoms with Gasteiger partial charge in [-0.05, 0) is 57.2 Å². The van der Waals surface area contributed by atoms with E-state index >= 15 is 0 Å². The van der Waals surface area contributed by atoms with Gasteiger partial charge in [-0.15, -0.1) is 0 Å². The molecule has 0 aliphatic heterocycles. The summed E-state index contributed by atoms with van der Waals surface area (Å²) in [5, 5.41) is 8.67. The van der Waals surface area contributed by atoms with E-state index in [1.165, 1.54) is 6.08 Å². The maximum atomic E-state index is 12.6. The van der Waals surface area contributed by atoms with E-state index in [2.05, 4.69) is 31.9 Å². The Bertz CT molecular complexity index is 951. The highest BCUT2D eigenvalue weighted by Crippen LogP contribution is 2.18. The second kappa shape index (κ2) is 10.6. The third kappa shape index (κ3) is 8.08. The minimum absolute atomic E-state index is 0.284. The summed E-state index contributed by atoms with van der Waals surface area (Å²) in [6, 6.07) is 13.3. The number of allylic oxidation sites excluding steroid dienone is 1. The van der Waals surface area contributed by atoms with Gasteiger partial charge < -0.3 is 15.4 Å². The molecule has 0 spiro atoms. The van der Waals surface area contributed by atoms with Crippen LogP contribution in [0.25, 0.3) is 0 Å². The average molecular weight is 474 g/mol. The molecule has 8 heteroatoms. The lowest BCUT2D eigenvalue weighted by molar-refractivity contribution is -0.111. The van der Waals surface area contributed by atoms with Crippen molar-refractivity contribution in [1.29, 1.82) is 0 Å². The molecule has 3 N–H and O–H groups in total. The highest BCUT2D eigenvalue weighted by atomic mass is 79.9. The van der Waals surface area contributed by atoms with Crippen LogP contribution in [0.5, 0.6) is 0 Å². The van der Waals surface area contributed by atoms with Crippen LogP contribution in [0.1, 0.15) is 31.1 Å². The van der Waals surface area contributed by atoms with Gasteiger partial charge in [0, 0.05) is 34.0 Å². The quantitative estimate of drug-likeness (QED) is 0.397. The molecule has 0 aromatic heterocycles. The normalized spacial score (nSPS) is 11.1. The van der Waals surface area contributed by atoms with Gasteiger partial charge in [0.15, 0.2) is 0 Å². The number of hydrogen-bond acceptors (Lipinski definition) is 4. The van der Waals surface area contributed by atoms with Gasteiger partial charge in [-0.25, -0.2) is 4.79 Å². The Balaban J connectivity index is 2.04. The molecule has 0 saturated carbocycles. The lowest BCUT2D eigenvalue weighted by atomic mass is 10.1. The Morgan fingerprint density at radius 1 is 0.933 bits per heavy atom. The fourth-order valence-corrected chi connectivity index (χ4v) is 2.56. The molecule has 30 heavy (non-hydrogen) atoms. The number of alkyl halides is 1. The number of rotatable bonds is 6. The van der Waals surface area contributed by atoms with E-state index in [1.807, 2.05) is 0 Å². The molecule has 0 heterocycles. The molecule has 7 nitrogen and oxygen atoms in total. The molecule has 0 bridgehead atoms. The molecule has 0 radical (unpaired) electrons. The molecule has 0 saturated heterocycles. The number of carbonyl (C=O) groups excluding carboxylic acids is 3. The van der Waals surface area contributed by atoms with Crippen LogP contribution < -0.4 is 16.0 Å². The molecule has 2 aromatic rings. The highest BCUT2D eigenvalue weighted by Gasteiger charge is 2.16. The monoisotopic (exact) mass is 473 g/mol. The number of carbonyl (C=O) groups is 3. The molecule has 0 fully saturated rings. The Labute approximate surface area is 184 Å². The van der Waals surface area contributed by atoms with Crippen LogP contribution in [-0.4, -0.2) is 28.8 Å². The first-order valence-corrected chi connectivity index (χ1v) is 10.3. The van der Waals surface area contributed by atoms with E-state index in [-0.39, 0.29) is 11.8 Å². The zero-order valence-corrected chi connectivity index (χ0v) is 18.6. The first-order valence-electron chi connectivity index (χ1n) is 9.21. The summed E-state index contributed by atoms with van der Waals surface area (Å²) in [6.07, 6.45) is 2.50. The number of halogens is 1. The van der Waals surface area contributed by atoms with Crippen LogP contribution in [-0.2, 0) is 9.53 Å². The van der Waals surface area contributed by atoms with Crippen LogP contribution in [0, 0.1) is 0 Å². The summed E-state index contributed by atoms with van der Waals surface area (Å²) in [6.45, 7) is 5.33. The summed E-state index contributed by atoms with van der Waals surface area (Å²) in [7, 11) is 0. The van der Waals surface area contributed by atoms with E-state index in [0.717, 1.165) is 0 Å². The third-order valence-corrected chi connectivity index (χ3v) is 3.89. The summed E-state index contributed by atoms with van der Waals surface area (Å²) in [5.74, 6) is -0.635. The topological polar surface area (TPSA) is 96.5 Å². The predicted octanol–water partition coefficient (Wildman–Crippen LogP) is 5.18. The molecule has 0 atom stereocenters. The van der Waals surface area contributed by atoms with Crippen LogP contribution in [0.3, 0.4) is 0 Å². The maximum Gasteiger partial charge on any atom is 0.412 e. The third-order valence-electron chi connectivity index (χ3n) is 3.52. The summed E-state index contributed by atoms with van der Waals surface area (Å²) in [4.78, 5) is 36.3. The number of anilines is 3. The largest absolute Gasteiger partial charge is 0.444 e. The van der Waals surface area contributed by atoms with Gasteiger partial charge in [-0.1, -0.05) is 34.1 Å². The van der Waals surface area contributed by atoms with Crippen LogP contribution >= 0.6 is 15.9 Å². The predicted molar refractivity (Wildman–Crippen MR) is 122 cm³/mol. The van der Waals surface area contributed by atoms with Crippen molar-refractivity contribution in [2.45, 2.75) is 26.4 Å². The van der Waals surface area contributed by atoms with Gasteiger partial charge in [0.25, 0.3) is 5.91 Å². The number of ether oxygens (including phenoxy) is 1. The van der Waals surface area contributed by atoms with Crippen molar-refractivity contribution in [1.82, 2.24) is 0 Å². The van der Waals surface area contributed by atoms with E-state index in [4.69, 9.17) is 4.74 Å².